The molecule has 1 fully saturated rings. The van der Waals surface area contributed by atoms with Gasteiger partial charge in [0.1, 0.15) is 5.41 Å². The van der Waals surface area contributed by atoms with E-state index in [1.807, 2.05) is 25.1 Å². The molecule has 1 saturated heterocycles. The quantitative estimate of drug-likeness (QED) is 0.768. The Morgan fingerprint density at radius 3 is 2.79 bits per heavy atom. The first-order chi connectivity index (χ1) is 9.15. The van der Waals surface area contributed by atoms with Crippen molar-refractivity contribution < 1.29 is 0 Å². The minimum atomic E-state index is -0.453. The van der Waals surface area contributed by atoms with Crippen molar-refractivity contribution in [2.24, 2.45) is 10.4 Å². The molecule has 3 rings (SSSR count). The van der Waals surface area contributed by atoms with Gasteiger partial charge in [0.2, 0.25) is 0 Å². The Morgan fingerprint density at radius 2 is 2.11 bits per heavy atom. The first-order valence-electron chi connectivity index (χ1n) is 6.56. The maximum Gasteiger partial charge on any atom is 0.117 e. The molecular formula is C16H16N2S. The minimum Gasteiger partial charge on any atom is -0.250 e. The number of hydrogen-bond acceptors (Lipinski definition) is 3. The third-order valence-corrected chi connectivity index (χ3v) is 5.13. The highest BCUT2D eigenvalue weighted by atomic mass is 32.2. The monoisotopic (exact) mass is 268 g/mol. The molecule has 3 unspecified atom stereocenters. The van der Waals surface area contributed by atoms with Crippen molar-refractivity contribution in [3.8, 4) is 6.07 Å². The molecule has 3 heteroatoms. The number of aliphatic imine (C=N–C) groups is 1. The summed E-state index contributed by atoms with van der Waals surface area (Å²) in [4.78, 5) is 4.63. The number of nitriles is 1. The molecular weight excluding hydrogens is 252 g/mol. The van der Waals surface area contributed by atoms with Crippen molar-refractivity contribution in [1.29, 1.82) is 5.26 Å². The Balaban J connectivity index is 2.14. The highest BCUT2D eigenvalue weighted by Crippen LogP contribution is 2.54. The Kier molecular flexibility index (Phi) is 2.99. The molecule has 0 saturated carbocycles. The first kappa shape index (κ1) is 12.5. The van der Waals surface area contributed by atoms with E-state index in [4.69, 9.17) is 0 Å². The van der Waals surface area contributed by atoms with E-state index in [0.717, 1.165) is 17.2 Å². The predicted molar refractivity (Wildman–Crippen MR) is 80.1 cm³/mol. The topological polar surface area (TPSA) is 36.1 Å². The van der Waals surface area contributed by atoms with Gasteiger partial charge in [-0.25, -0.2) is 4.99 Å². The van der Waals surface area contributed by atoms with Gasteiger partial charge in [-0.15, -0.1) is 11.8 Å². The lowest BCUT2D eigenvalue weighted by Gasteiger charge is -2.32. The van der Waals surface area contributed by atoms with Crippen LogP contribution < -0.4 is 0 Å². The summed E-state index contributed by atoms with van der Waals surface area (Å²) in [5, 5.41) is 11.3. The van der Waals surface area contributed by atoms with Crippen LogP contribution in [0.1, 0.15) is 31.7 Å². The van der Waals surface area contributed by atoms with E-state index >= 15 is 0 Å². The van der Waals surface area contributed by atoms with Gasteiger partial charge in [0.05, 0.1) is 11.1 Å². The molecule has 2 aliphatic heterocycles. The Morgan fingerprint density at radius 1 is 1.37 bits per heavy atom. The number of rotatable bonds is 1. The summed E-state index contributed by atoms with van der Waals surface area (Å²) >= 11 is 1.76. The largest absolute Gasteiger partial charge is 0.250 e. The van der Waals surface area contributed by atoms with Gasteiger partial charge in [0.15, 0.2) is 0 Å². The molecule has 0 aliphatic carbocycles. The second-order valence-electron chi connectivity index (χ2n) is 5.33. The number of nitrogens with zero attached hydrogens (tertiary/aromatic N) is 2. The van der Waals surface area contributed by atoms with E-state index in [1.165, 1.54) is 5.56 Å². The zero-order valence-electron chi connectivity index (χ0n) is 11.1. The number of hydrogen-bond donors (Lipinski definition) is 0. The molecule has 0 bridgehead atoms. The van der Waals surface area contributed by atoms with Crippen LogP contribution in [0, 0.1) is 16.7 Å². The molecule has 0 amide bonds. The molecule has 96 valence electrons. The average molecular weight is 268 g/mol. The van der Waals surface area contributed by atoms with Crippen LogP contribution in [0.15, 0.2) is 47.1 Å². The lowest BCUT2D eigenvalue weighted by Crippen LogP contribution is -2.32. The van der Waals surface area contributed by atoms with Crippen LogP contribution in [-0.4, -0.2) is 10.3 Å². The standard InChI is InChI=1S/C16H16N2S/c1-11-8-14(13-6-4-3-5-7-13)16(10-17)9-12(2)19-15(16)18-11/h3-8,12,14H,9H2,1-2H3. The summed E-state index contributed by atoms with van der Waals surface area (Å²) in [5.41, 5.74) is 1.78. The number of fused-ring (bicyclic) bond motifs is 1. The highest BCUT2D eigenvalue weighted by Gasteiger charge is 2.51. The summed E-state index contributed by atoms with van der Waals surface area (Å²) in [6, 6.07) is 12.9. The summed E-state index contributed by atoms with van der Waals surface area (Å²) < 4.78 is 0. The third kappa shape index (κ3) is 1.91. The second kappa shape index (κ2) is 4.54. The Labute approximate surface area is 118 Å². The van der Waals surface area contributed by atoms with Crippen molar-refractivity contribution in [1.82, 2.24) is 0 Å². The second-order valence-corrected chi connectivity index (χ2v) is 6.76. The van der Waals surface area contributed by atoms with Crippen LogP contribution >= 0.6 is 11.8 Å². The summed E-state index contributed by atoms with van der Waals surface area (Å²) in [6.45, 7) is 4.20. The molecule has 3 atom stereocenters. The lowest BCUT2D eigenvalue weighted by atomic mass is 9.69. The SMILES string of the molecule is CC1=CC(c2ccccc2)C2(C#N)CC(C)SC2=N1. The molecule has 1 aromatic rings. The zero-order valence-corrected chi connectivity index (χ0v) is 11.9. The van der Waals surface area contributed by atoms with Crippen LogP contribution in [0.3, 0.4) is 0 Å². The van der Waals surface area contributed by atoms with Crippen molar-refractivity contribution >= 4 is 16.8 Å². The fourth-order valence-corrected chi connectivity index (χ4v) is 4.44. The third-order valence-electron chi connectivity index (χ3n) is 3.88. The van der Waals surface area contributed by atoms with E-state index in [9.17, 15) is 5.26 Å². The number of thioether (sulfide) groups is 1. The molecule has 0 radical (unpaired) electrons. The molecule has 0 aromatic heterocycles. The zero-order chi connectivity index (χ0) is 13.5. The van der Waals surface area contributed by atoms with Crippen LogP contribution in [0.25, 0.3) is 0 Å². The summed E-state index contributed by atoms with van der Waals surface area (Å²) in [7, 11) is 0. The maximum absolute atomic E-state index is 9.81. The van der Waals surface area contributed by atoms with E-state index in [1.54, 1.807) is 11.8 Å². The normalized spacial score (nSPS) is 33.1. The van der Waals surface area contributed by atoms with E-state index in [-0.39, 0.29) is 5.92 Å². The van der Waals surface area contributed by atoms with Gasteiger partial charge < -0.3 is 0 Å². The first-order valence-corrected chi connectivity index (χ1v) is 7.44. The van der Waals surface area contributed by atoms with Gasteiger partial charge in [-0.2, -0.15) is 5.26 Å². The minimum absolute atomic E-state index is 0.128. The van der Waals surface area contributed by atoms with Crippen LogP contribution in [0.4, 0.5) is 0 Å². The smallest absolute Gasteiger partial charge is 0.117 e. The van der Waals surface area contributed by atoms with E-state index < -0.39 is 5.41 Å². The molecule has 1 aromatic carbocycles. The average Bonchev–Trinajstić information content (AvgIpc) is 2.75. The van der Waals surface area contributed by atoms with Gasteiger partial charge >= 0.3 is 0 Å². The maximum atomic E-state index is 9.81. The lowest BCUT2D eigenvalue weighted by molar-refractivity contribution is 0.461. The van der Waals surface area contributed by atoms with Crippen LogP contribution in [0.5, 0.6) is 0 Å². The van der Waals surface area contributed by atoms with Crippen molar-refractivity contribution in [2.75, 3.05) is 0 Å². The van der Waals surface area contributed by atoms with Gasteiger partial charge in [-0.05, 0) is 18.9 Å². The van der Waals surface area contributed by atoms with E-state index in [0.29, 0.717) is 5.25 Å². The highest BCUT2D eigenvalue weighted by molar-refractivity contribution is 8.15. The molecule has 2 aliphatic rings. The summed E-state index contributed by atoms with van der Waals surface area (Å²) in [5.74, 6) is 0.128. The summed E-state index contributed by atoms with van der Waals surface area (Å²) in [6.07, 6.45) is 3.04. The number of benzene rings is 1. The van der Waals surface area contributed by atoms with Crippen molar-refractivity contribution in [3.05, 3.63) is 47.7 Å². The Bertz CT molecular complexity index is 597. The van der Waals surface area contributed by atoms with Gasteiger partial charge in [-0.1, -0.05) is 43.3 Å². The van der Waals surface area contributed by atoms with Crippen molar-refractivity contribution in [3.63, 3.8) is 0 Å². The molecule has 19 heavy (non-hydrogen) atoms. The van der Waals surface area contributed by atoms with Gasteiger partial charge in [-0.3, -0.25) is 0 Å². The van der Waals surface area contributed by atoms with E-state index in [2.05, 4.69) is 36.2 Å². The number of allylic oxidation sites excluding steroid dienone is 2. The predicted octanol–water partition coefficient (Wildman–Crippen LogP) is 4.12. The molecule has 0 spiro atoms. The van der Waals surface area contributed by atoms with Crippen LogP contribution in [0.2, 0.25) is 0 Å². The van der Waals surface area contributed by atoms with Gasteiger partial charge in [0.25, 0.3) is 0 Å². The van der Waals surface area contributed by atoms with Gasteiger partial charge in [0, 0.05) is 16.9 Å². The Hall–Kier alpha value is -1.53. The fourth-order valence-electron chi connectivity index (χ4n) is 3.05. The van der Waals surface area contributed by atoms with Crippen LogP contribution in [-0.2, 0) is 0 Å². The fraction of sp³-hybridized carbons (Fsp3) is 0.375. The molecule has 2 heterocycles. The molecule has 0 N–H and O–H groups in total. The van der Waals surface area contributed by atoms with Crippen molar-refractivity contribution in [2.45, 2.75) is 31.4 Å². The molecule has 2 nitrogen and oxygen atoms in total.